The van der Waals surface area contributed by atoms with Crippen LogP contribution in [0.4, 0.5) is 5.82 Å². The normalized spacial score (nSPS) is 11.9. The van der Waals surface area contributed by atoms with Crippen molar-refractivity contribution in [3.63, 3.8) is 0 Å². The number of nitrogen functional groups attached to an aromatic ring is 1. The molecule has 102 valence electrons. The fourth-order valence-electron chi connectivity index (χ4n) is 1.44. The number of aromatic nitrogens is 1. The number of hydrogen-bond acceptors (Lipinski definition) is 5. The summed E-state index contributed by atoms with van der Waals surface area (Å²) in [7, 11) is 0.513. The minimum atomic E-state index is -3.47. The van der Waals surface area contributed by atoms with E-state index in [4.69, 9.17) is 5.73 Å². The lowest BCUT2D eigenvalue weighted by molar-refractivity contribution is 0.394. The van der Waals surface area contributed by atoms with Gasteiger partial charge in [-0.3, -0.25) is 0 Å². The predicted octanol–water partition coefficient (Wildman–Crippen LogP) is 0.284. The van der Waals surface area contributed by atoms with E-state index in [-0.39, 0.29) is 10.7 Å². The van der Waals surface area contributed by atoms with Crippen molar-refractivity contribution < 1.29 is 8.42 Å². The zero-order valence-electron chi connectivity index (χ0n) is 10.8. The first kappa shape index (κ1) is 14.9. The van der Waals surface area contributed by atoms with Crippen molar-refractivity contribution in [3.05, 3.63) is 18.3 Å². The molecule has 0 unspecified atom stereocenters. The van der Waals surface area contributed by atoms with Gasteiger partial charge in [-0.05, 0) is 39.5 Å². The van der Waals surface area contributed by atoms with E-state index >= 15 is 0 Å². The van der Waals surface area contributed by atoms with Crippen molar-refractivity contribution in [1.82, 2.24) is 14.6 Å². The number of nitrogens with two attached hydrogens (primary N) is 1. The summed E-state index contributed by atoms with van der Waals surface area (Å²) in [6.07, 6.45) is 3.14. The molecule has 1 rings (SSSR count). The van der Waals surface area contributed by atoms with Crippen molar-refractivity contribution >= 4 is 15.8 Å². The van der Waals surface area contributed by atoms with Crippen LogP contribution >= 0.6 is 0 Å². The predicted molar refractivity (Wildman–Crippen MR) is 71.6 cm³/mol. The first-order valence-electron chi connectivity index (χ1n) is 5.78. The summed E-state index contributed by atoms with van der Waals surface area (Å²) >= 11 is 0. The van der Waals surface area contributed by atoms with E-state index in [0.29, 0.717) is 6.54 Å². The van der Waals surface area contributed by atoms with E-state index in [0.717, 1.165) is 19.4 Å². The molecular formula is C11H20N4O2S. The summed E-state index contributed by atoms with van der Waals surface area (Å²) in [5.41, 5.74) is 5.46. The molecule has 1 aromatic heterocycles. The molecule has 0 saturated carbocycles. The van der Waals surface area contributed by atoms with Crippen LogP contribution in [-0.2, 0) is 10.0 Å². The summed E-state index contributed by atoms with van der Waals surface area (Å²) in [5.74, 6) is 0.200. The van der Waals surface area contributed by atoms with Crippen LogP contribution in [0, 0.1) is 0 Å². The maximum atomic E-state index is 11.9. The molecule has 0 saturated heterocycles. The van der Waals surface area contributed by atoms with Crippen molar-refractivity contribution in [3.8, 4) is 0 Å². The highest BCUT2D eigenvalue weighted by atomic mass is 32.2. The van der Waals surface area contributed by atoms with Crippen LogP contribution in [0.15, 0.2) is 23.2 Å². The topological polar surface area (TPSA) is 88.3 Å². The fraction of sp³-hybridized carbons (Fsp3) is 0.545. The summed E-state index contributed by atoms with van der Waals surface area (Å²) in [6, 6.07) is 2.78. The second kappa shape index (κ2) is 6.67. The van der Waals surface area contributed by atoms with E-state index in [1.165, 1.54) is 18.3 Å². The molecule has 7 heteroatoms. The van der Waals surface area contributed by atoms with Crippen LogP contribution in [0.5, 0.6) is 0 Å². The molecule has 0 radical (unpaired) electrons. The lowest BCUT2D eigenvalue weighted by Gasteiger charge is -2.10. The number of rotatable bonds is 7. The number of anilines is 1. The Morgan fingerprint density at radius 3 is 2.72 bits per heavy atom. The molecule has 1 heterocycles. The molecule has 0 aliphatic heterocycles. The Kier molecular flexibility index (Phi) is 5.52. The Bertz CT molecular complexity index is 474. The van der Waals surface area contributed by atoms with Gasteiger partial charge in [-0.15, -0.1) is 0 Å². The van der Waals surface area contributed by atoms with Crippen molar-refractivity contribution in [2.24, 2.45) is 0 Å². The number of pyridine rings is 1. The van der Waals surface area contributed by atoms with Crippen LogP contribution < -0.4 is 10.5 Å². The standard InChI is InChI=1S/C11H20N4O2S/c1-15(2)8-4-3-6-14-18(16,17)10-5-7-13-11(12)9-10/h5,7,9,14H,3-4,6,8H2,1-2H3,(H2,12,13). The third-order valence-corrected chi connectivity index (χ3v) is 3.85. The Labute approximate surface area is 108 Å². The van der Waals surface area contributed by atoms with E-state index < -0.39 is 10.0 Å². The van der Waals surface area contributed by atoms with Crippen LogP contribution in [-0.4, -0.2) is 45.5 Å². The molecule has 0 aromatic carbocycles. The largest absolute Gasteiger partial charge is 0.384 e. The van der Waals surface area contributed by atoms with Gasteiger partial charge in [0, 0.05) is 18.8 Å². The quantitative estimate of drug-likeness (QED) is 0.696. The number of nitrogens with one attached hydrogen (secondary N) is 1. The summed E-state index contributed by atoms with van der Waals surface area (Å²) < 4.78 is 26.3. The van der Waals surface area contributed by atoms with Crippen LogP contribution in [0.2, 0.25) is 0 Å². The molecule has 0 atom stereocenters. The number of hydrogen-bond donors (Lipinski definition) is 2. The lowest BCUT2D eigenvalue weighted by Crippen LogP contribution is -2.25. The highest BCUT2D eigenvalue weighted by Gasteiger charge is 2.13. The first-order chi connectivity index (χ1) is 8.42. The second-order valence-corrected chi connectivity index (χ2v) is 6.09. The SMILES string of the molecule is CN(C)CCCCNS(=O)(=O)c1ccnc(N)c1. The van der Waals surface area contributed by atoms with Gasteiger partial charge in [0.2, 0.25) is 10.0 Å². The van der Waals surface area contributed by atoms with Gasteiger partial charge in [0.25, 0.3) is 0 Å². The summed E-state index contributed by atoms with van der Waals surface area (Å²) in [5, 5.41) is 0. The van der Waals surface area contributed by atoms with Gasteiger partial charge < -0.3 is 10.6 Å². The molecule has 1 aromatic rings. The molecule has 0 bridgehead atoms. The molecule has 0 aliphatic carbocycles. The Hall–Kier alpha value is -1.18. The van der Waals surface area contributed by atoms with E-state index in [1.807, 2.05) is 14.1 Å². The average molecular weight is 272 g/mol. The number of nitrogens with zero attached hydrogens (tertiary/aromatic N) is 2. The molecule has 0 aliphatic rings. The maximum Gasteiger partial charge on any atom is 0.240 e. The van der Waals surface area contributed by atoms with Crippen LogP contribution in [0.3, 0.4) is 0 Å². The fourth-order valence-corrected chi connectivity index (χ4v) is 2.53. The summed E-state index contributed by atoms with van der Waals surface area (Å²) in [4.78, 5) is 5.99. The molecule has 0 fully saturated rings. The Morgan fingerprint density at radius 1 is 1.39 bits per heavy atom. The lowest BCUT2D eigenvalue weighted by atomic mass is 10.3. The summed E-state index contributed by atoms with van der Waals surface area (Å²) in [6.45, 7) is 1.38. The zero-order valence-corrected chi connectivity index (χ0v) is 11.6. The second-order valence-electron chi connectivity index (χ2n) is 4.32. The third-order valence-electron chi connectivity index (χ3n) is 2.39. The maximum absolute atomic E-state index is 11.9. The van der Waals surface area contributed by atoms with Gasteiger partial charge in [-0.2, -0.15) is 0 Å². The number of sulfonamides is 1. The number of unbranched alkanes of at least 4 members (excludes halogenated alkanes) is 1. The van der Waals surface area contributed by atoms with Crippen molar-refractivity contribution in [2.45, 2.75) is 17.7 Å². The molecule has 0 amide bonds. The van der Waals surface area contributed by atoms with Gasteiger partial charge in [-0.1, -0.05) is 0 Å². The highest BCUT2D eigenvalue weighted by molar-refractivity contribution is 7.89. The van der Waals surface area contributed by atoms with Crippen LogP contribution in [0.1, 0.15) is 12.8 Å². The van der Waals surface area contributed by atoms with Crippen LogP contribution in [0.25, 0.3) is 0 Å². The van der Waals surface area contributed by atoms with Gasteiger partial charge in [0.15, 0.2) is 0 Å². The molecule has 6 nitrogen and oxygen atoms in total. The van der Waals surface area contributed by atoms with Gasteiger partial charge in [0.1, 0.15) is 5.82 Å². The highest BCUT2D eigenvalue weighted by Crippen LogP contribution is 2.09. The van der Waals surface area contributed by atoms with E-state index in [2.05, 4.69) is 14.6 Å². The zero-order chi connectivity index (χ0) is 13.6. The van der Waals surface area contributed by atoms with Gasteiger partial charge in [0.05, 0.1) is 4.90 Å². The van der Waals surface area contributed by atoms with E-state index in [1.54, 1.807) is 0 Å². The Morgan fingerprint density at radius 2 is 2.11 bits per heavy atom. The smallest absolute Gasteiger partial charge is 0.240 e. The monoisotopic (exact) mass is 272 g/mol. The molecule has 18 heavy (non-hydrogen) atoms. The molecular weight excluding hydrogens is 252 g/mol. The molecule has 0 spiro atoms. The van der Waals surface area contributed by atoms with Crippen molar-refractivity contribution in [1.29, 1.82) is 0 Å². The Balaban J connectivity index is 2.46. The third kappa shape index (κ3) is 4.99. The van der Waals surface area contributed by atoms with E-state index in [9.17, 15) is 8.42 Å². The van der Waals surface area contributed by atoms with Gasteiger partial charge in [-0.25, -0.2) is 18.1 Å². The first-order valence-corrected chi connectivity index (χ1v) is 7.26. The minimum Gasteiger partial charge on any atom is -0.384 e. The average Bonchev–Trinajstić information content (AvgIpc) is 2.28. The minimum absolute atomic E-state index is 0.155. The molecule has 3 N–H and O–H groups in total. The van der Waals surface area contributed by atoms with Gasteiger partial charge >= 0.3 is 0 Å². The van der Waals surface area contributed by atoms with Crippen molar-refractivity contribution in [2.75, 3.05) is 32.9 Å².